The van der Waals surface area contributed by atoms with E-state index in [-0.39, 0.29) is 5.91 Å². The summed E-state index contributed by atoms with van der Waals surface area (Å²) in [4.78, 5) is 12.4. The molecule has 110 valence electrons. The Kier molecular flexibility index (Phi) is 4.08. The lowest BCUT2D eigenvalue weighted by atomic mass is 9.84. The zero-order valence-corrected chi connectivity index (χ0v) is 12.4. The van der Waals surface area contributed by atoms with E-state index in [0.29, 0.717) is 11.7 Å². The third-order valence-corrected chi connectivity index (χ3v) is 5.03. The Labute approximate surface area is 120 Å². The number of carbonyl (C=O) groups is 1. The summed E-state index contributed by atoms with van der Waals surface area (Å²) in [7, 11) is 0. The molecule has 1 fully saturated rings. The molecule has 1 heterocycles. The predicted molar refractivity (Wildman–Crippen MR) is 78.7 cm³/mol. The first-order valence-electron chi connectivity index (χ1n) is 8.15. The Bertz CT molecular complexity index is 472. The Morgan fingerprint density at radius 3 is 2.75 bits per heavy atom. The minimum Gasteiger partial charge on any atom is -0.348 e. The molecule has 0 aliphatic heterocycles. The van der Waals surface area contributed by atoms with Crippen molar-refractivity contribution in [3.05, 3.63) is 17.0 Å². The van der Waals surface area contributed by atoms with Gasteiger partial charge < -0.3 is 5.32 Å². The van der Waals surface area contributed by atoms with Gasteiger partial charge in [-0.05, 0) is 57.3 Å². The number of H-pyrrole nitrogens is 1. The molecule has 0 radical (unpaired) electrons. The standard InChI is InChI=1S/C16H25N3O/c1-2-11-7-9-12(10-8-11)17-16(20)15-13-5-3-4-6-14(13)18-19-15/h11-12H,2-10H2,1H3,(H,17,20)(H,18,19). The van der Waals surface area contributed by atoms with E-state index in [9.17, 15) is 4.79 Å². The molecule has 1 aromatic heterocycles. The van der Waals surface area contributed by atoms with E-state index in [1.807, 2.05) is 0 Å². The zero-order chi connectivity index (χ0) is 13.9. The second kappa shape index (κ2) is 5.98. The smallest absolute Gasteiger partial charge is 0.272 e. The lowest BCUT2D eigenvalue weighted by Gasteiger charge is -2.28. The van der Waals surface area contributed by atoms with Crippen LogP contribution >= 0.6 is 0 Å². The first-order valence-corrected chi connectivity index (χ1v) is 8.15. The highest BCUT2D eigenvalue weighted by molar-refractivity contribution is 5.94. The summed E-state index contributed by atoms with van der Waals surface area (Å²) in [5, 5.41) is 10.5. The van der Waals surface area contributed by atoms with Gasteiger partial charge in [0.2, 0.25) is 0 Å². The number of amides is 1. The number of aromatic amines is 1. The molecule has 0 atom stereocenters. The molecular formula is C16H25N3O. The van der Waals surface area contributed by atoms with Gasteiger partial charge in [-0.15, -0.1) is 0 Å². The van der Waals surface area contributed by atoms with Crippen molar-refractivity contribution in [2.24, 2.45) is 5.92 Å². The third kappa shape index (κ3) is 2.74. The van der Waals surface area contributed by atoms with Crippen LogP contribution in [0.1, 0.15) is 73.6 Å². The number of nitrogens with zero attached hydrogens (tertiary/aromatic N) is 1. The fourth-order valence-electron chi connectivity index (χ4n) is 3.64. The van der Waals surface area contributed by atoms with Gasteiger partial charge in [-0.3, -0.25) is 9.89 Å². The summed E-state index contributed by atoms with van der Waals surface area (Å²) >= 11 is 0. The average Bonchev–Trinajstić information content (AvgIpc) is 2.92. The van der Waals surface area contributed by atoms with Gasteiger partial charge in [-0.2, -0.15) is 5.10 Å². The zero-order valence-electron chi connectivity index (χ0n) is 12.4. The SMILES string of the molecule is CCC1CCC(NC(=O)c2n[nH]c3c2CCCC3)CC1. The average molecular weight is 275 g/mol. The van der Waals surface area contributed by atoms with Crippen molar-refractivity contribution in [3.8, 4) is 0 Å². The van der Waals surface area contributed by atoms with Gasteiger partial charge in [-0.25, -0.2) is 0 Å². The van der Waals surface area contributed by atoms with Gasteiger partial charge in [0, 0.05) is 17.3 Å². The summed E-state index contributed by atoms with van der Waals surface area (Å²) in [6, 6.07) is 0.348. The third-order valence-electron chi connectivity index (χ3n) is 5.03. The van der Waals surface area contributed by atoms with Crippen molar-refractivity contribution in [2.45, 2.75) is 70.8 Å². The quantitative estimate of drug-likeness (QED) is 0.891. The topological polar surface area (TPSA) is 57.8 Å². The molecule has 0 aromatic carbocycles. The van der Waals surface area contributed by atoms with Crippen LogP contribution in [0.15, 0.2) is 0 Å². The number of hydrogen-bond acceptors (Lipinski definition) is 2. The number of fused-ring (bicyclic) bond motifs is 1. The predicted octanol–water partition coefficient (Wildman–Crippen LogP) is 2.99. The van der Waals surface area contributed by atoms with Gasteiger partial charge in [0.25, 0.3) is 5.91 Å². The van der Waals surface area contributed by atoms with E-state index < -0.39 is 0 Å². The Morgan fingerprint density at radius 1 is 1.25 bits per heavy atom. The van der Waals surface area contributed by atoms with Gasteiger partial charge >= 0.3 is 0 Å². The number of aryl methyl sites for hydroxylation is 1. The maximum atomic E-state index is 12.4. The minimum absolute atomic E-state index is 0.0318. The van der Waals surface area contributed by atoms with Crippen molar-refractivity contribution in [1.82, 2.24) is 15.5 Å². The van der Waals surface area contributed by atoms with Crippen LogP contribution < -0.4 is 5.32 Å². The molecule has 2 N–H and O–H groups in total. The molecule has 0 bridgehead atoms. The van der Waals surface area contributed by atoms with E-state index in [1.165, 1.54) is 37.8 Å². The fraction of sp³-hybridized carbons (Fsp3) is 0.750. The van der Waals surface area contributed by atoms with E-state index in [4.69, 9.17) is 0 Å². The highest BCUT2D eigenvalue weighted by Crippen LogP contribution is 2.27. The van der Waals surface area contributed by atoms with Crippen LogP contribution in [0.2, 0.25) is 0 Å². The molecule has 1 amide bonds. The largest absolute Gasteiger partial charge is 0.348 e. The first kappa shape index (κ1) is 13.7. The van der Waals surface area contributed by atoms with E-state index >= 15 is 0 Å². The molecule has 0 unspecified atom stereocenters. The lowest BCUT2D eigenvalue weighted by molar-refractivity contribution is 0.0915. The highest BCUT2D eigenvalue weighted by Gasteiger charge is 2.25. The van der Waals surface area contributed by atoms with Crippen LogP contribution in [0.25, 0.3) is 0 Å². The van der Waals surface area contributed by atoms with Gasteiger partial charge in [-0.1, -0.05) is 13.3 Å². The van der Waals surface area contributed by atoms with Crippen molar-refractivity contribution in [3.63, 3.8) is 0 Å². The number of rotatable bonds is 3. The fourth-order valence-corrected chi connectivity index (χ4v) is 3.64. The molecule has 1 saturated carbocycles. The molecule has 20 heavy (non-hydrogen) atoms. The van der Waals surface area contributed by atoms with Crippen LogP contribution in [0.3, 0.4) is 0 Å². The summed E-state index contributed by atoms with van der Waals surface area (Å²) < 4.78 is 0. The molecule has 0 spiro atoms. The van der Waals surface area contributed by atoms with Gasteiger partial charge in [0.05, 0.1) is 0 Å². The number of nitrogens with one attached hydrogen (secondary N) is 2. The van der Waals surface area contributed by atoms with Crippen molar-refractivity contribution in [1.29, 1.82) is 0 Å². The monoisotopic (exact) mass is 275 g/mol. The summed E-state index contributed by atoms with van der Waals surface area (Å²) in [6.45, 7) is 2.26. The van der Waals surface area contributed by atoms with E-state index in [0.717, 1.165) is 37.2 Å². The number of hydrogen-bond donors (Lipinski definition) is 2. The molecular weight excluding hydrogens is 250 g/mol. The van der Waals surface area contributed by atoms with Crippen LogP contribution in [0.4, 0.5) is 0 Å². The molecule has 4 nitrogen and oxygen atoms in total. The highest BCUT2D eigenvalue weighted by atomic mass is 16.2. The first-order chi connectivity index (χ1) is 9.78. The number of aromatic nitrogens is 2. The van der Waals surface area contributed by atoms with E-state index in [1.54, 1.807) is 0 Å². The summed E-state index contributed by atoms with van der Waals surface area (Å²) in [5.74, 6) is 0.894. The maximum Gasteiger partial charge on any atom is 0.272 e. The van der Waals surface area contributed by atoms with Crippen molar-refractivity contribution >= 4 is 5.91 Å². The Morgan fingerprint density at radius 2 is 2.00 bits per heavy atom. The summed E-state index contributed by atoms with van der Waals surface area (Å²) in [5.41, 5.74) is 2.99. The van der Waals surface area contributed by atoms with Gasteiger partial charge in [0.15, 0.2) is 5.69 Å². The minimum atomic E-state index is 0.0318. The second-order valence-electron chi connectivity index (χ2n) is 6.34. The Hall–Kier alpha value is -1.32. The van der Waals surface area contributed by atoms with Crippen molar-refractivity contribution < 1.29 is 4.79 Å². The normalized spacial score (nSPS) is 26.1. The molecule has 0 saturated heterocycles. The van der Waals surface area contributed by atoms with Crippen LogP contribution in [-0.2, 0) is 12.8 Å². The number of carbonyl (C=O) groups excluding carboxylic acids is 1. The van der Waals surface area contributed by atoms with Crippen LogP contribution in [0.5, 0.6) is 0 Å². The molecule has 3 rings (SSSR count). The molecule has 2 aliphatic rings. The Balaban J connectivity index is 1.61. The summed E-state index contributed by atoms with van der Waals surface area (Å²) in [6.07, 6.45) is 10.4. The van der Waals surface area contributed by atoms with Crippen LogP contribution in [-0.4, -0.2) is 22.1 Å². The van der Waals surface area contributed by atoms with Gasteiger partial charge in [0.1, 0.15) is 0 Å². The lowest BCUT2D eigenvalue weighted by Crippen LogP contribution is -2.38. The van der Waals surface area contributed by atoms with Crippen molar-refractivity contribution in [2.75, 3.05) is 0 Å². The maximum absolute atomic E-state index is 12.4. The molecule has 1 aromatic rings. The van der Waals surface area contributed by atoms with Crippen LogP contribution in [0, 0.1) is 5.92 Å². The van der Waals surface area contributed by atoms with E-state index in [2.05, 4.69) is 22.4 Å². The molecule has 4 heteroatoms. The second-order valence-corrected chi connectivity index (χ2v) is 6.34. The molecule has 2 aliphatic carbocycles.